The number of aliphatic hydroxyl groups excluding tert-OH is 4. The summed E-state index contributed by atoms with van der Waals surface area (Å²) in [6.45, 7) is 1.01. The lowest BCUT2D eigenvalue weighted by molar-refractivity contribution is -0.218. The molecule has 0 radical (unpaired) electrons. The summed E-state index contributed by atoms with van der Waals surface area (Å²) in [5.41, 5.74) is 0.170. The number of nitrogens with one attached hydrogen (secondary N) is 1. The number of aliphatic carboxylic acids is 1. The number of hydrogen-bond donors (Lipinski definition) is 6. The van der Waals surface area contributed by atoms with E-state index in [-0.39, 0.29) is 36.8 Å². The van der Waals surface area contributed by atoms with Crippen molar-refractivity contribution in [2.24, 2.45) is 0 Å². The van der Waals surface area contributed by atoms with Crippen LogP contribution in [0.1, 0.15) is 30.1 Å². The van der Waals surface area contributed by atoms with Gasteiger partial charge in [0.15, 0.2) is 6.61 Å². The summed E-state index contributed by atoms with van der Waals surface area (Å²) in [7, 11) is 0. The van der Waals surface area contributed by atoms with Gasteiger partial charge in [-0.1, -0.05) is 0 Å². The number of amides is 1. The molecule has 0 aromatic heterocycles. The standard InChI is InChI=1S/C20H29NO10/c1-11-17(25)19(27)18(26)15(31-11)3-2-6-29-13-7-12(20(28)21-4-5-22)8-14(9-13)30-10-16(23)24/h7-9,11,15,17-19,22,25-27H,2-6,10H2,1H3,(H,21,28)(H,23,24). The normalized spacial score (nSPS) is 25.6. The van der Waals surface area contributed by atoms with E-state index in [0.717, 1.165) is 0 Å². The van der Waals surface area contributed by atoms with Gasteiger partial charge in [-0.2, -0.15) is 0 Å². The van der Waals surface area contributed by atoms with Gasteiger partial charge in [0.05, 0.1) is 25.4 Å². The Balaban J connectivity index is 1.96. The molecule has 1 aromatic carbocycles. The third-order valence-corrected chi connectivity index (χ3v) is 4.75. The molecule has 2 rings (SSSR count). The molecule has 0 aliphatic carbocycles. The summed E-state index contributed by atoms with van der Waals surface area (Å²) >= 11 is 0. The summed E-state index contributed by atoms with van der Waals surface area (Å²) < 4.78 is 16.3. The van der Waals surface area contributed by atoms with E-state index in [1.807, 2.05) is 0 Å². The van der Waals surface area contributed by atoms with Crippen LogP contribution in [0.2, 0.25) is 0 Å². The van der Waals surface area contributed by atoms with Crippen LogP contribution in [0.25, 0.3) is 0 Å². The highest BCUT2D eigenvalue weighted by Gasteiger charge is 2.41. The van der Waals surface area contributed by atoms with Gasteiger partial charge in [-0.25, -0.2) is 4.79 Å². The molecule has 1 heterocycles. The van der Waals surface area contributed by atoms with Crippen LogP contribution in [0.3, 0.4) is 0 Å². The predicted molar refractivity (Wildman–Crippen MR) is 106 cm³/mol. The van der Waals surface area contributed by atoms with Gasteiger partial charge in [0, 0.05) is 18.2 Å². The second kappa shape index (κ2) is 11.8. The number of carboxylic acid groups (broad SMARTS) is 1. The molecule has 0 saturated carbocycles. The fourth-order valence-electron chi connectivity index (χ4n) is 3.14. The van der Waals surface area contributed by atoms with Crippen molar-refractivity contribution in [1.29, 1.82) is 0 Å². The molecule has 174 valence electrons. The van der Waals surface area contributed by atoms with E-state index in [1.54, 1.807) is 6.92 Å². The zero-order valence-electron chi connectivity index (χ0n) is 17.1. The molecule has 1 fully saturated rings. The average molecular weight is 443 g/mol. The van der Waals surface area contributed by atoms with Crippen molar-refractivity contribution in [3.63, 3.8) is 0 Å². The first-order valence-electron chi connectivity index (χ1n) is 9.94. The van der Waals surface area contributed by atoms with Gasteiger partial charge in [-0.3, -0.25) is 4.79 Å². The van der Waals surface area contributed by atoms with E-state index in [0.29, 0.717) is 12.8 Å². The van der Waals surface area contributed by atoms with Crippen LogP contribution < -0.4 is 14.8 Å². The maximum absolute atomic E-state index is 12.2. The lowest BCUT2D eigenvalue weighted by Gasteiger charge is -2.39. The van der Waals surface area contributed by atoms with Crippen LogP contribution in [-0.4, -0.2) is 94.3 Å². The summed E-state index contributed by atoms with van der Waals surface area (Å²) in [4.78, 5) is 22.9. The van der Waals surface area contributed by atoms with Crippen molar-refractivity contribution in [3.05, 3.63) is 23.8 Å². The molecular formula is C20H29NO10. The van der Waals surface area contributed by atoms with E-state index in [2.05, 4.69) is 5.32 Å². The van der Waals surface area contributed by atoms with Crippen LogP contribution in [-0.2, 0) is 9.53 Å². The molecule has 0 spiro atoms. The van der Waals surface area contributed by atoms with Gasteiger partial charge in [0.1, 0.15) is 29.8 Å². The van der Waals surface area contributed by atoms with Crippen LogP contribution in [0.5, 0.6) is 11.5 Å². The highest BCUT2D eigenvalue weighted by atomic mass is 16.5. The zero-order valence-corrected chi connectivity index (χ0v) is 17.1. The second-order valence-electron chi connectivity index (χ2n) is 7.20. The Kier molecular flexibility index (Phi) is 9.46. The molecular weight excluding hydrogens is 414 g/mol. The number of carbonyl (C=O) groups excluding carboxylic acids is 1. The first-order chi connectivity index (χ1) is 14.7. The molecule has 11 heteroatoms. The summed E-state index contributed by atoms with van der Waals surface area (Å²) in [5.74, 6) is -1.26. The van der Waals surface area contributed by atoms with Crippen LogP contribution in [0, 0.1) is 0 Å². The Hall–Kier alpha value is -2.44. The molecule has 5 atom stereocenters. The Morgan fingerprint density at radius 1 is 1.06 bits per heavy atom. The van der Waals surface area contributed by atoms with Crippen molar-refractivity contribution < 1.29 is 49.3 Å². The maximum Gasteiger partial charge on any atom is 0.341 e. The van der Waals surface area contributed by atoms with Crippen LogP contribution >= 0.6 is 0 Å². The smallest absolute Gasteiger partial charge is 0.341 e. The van der Waals surface area contributed by atoms with Crippen molar-refractivity contribution in [2.75, 3.05) is 26.4 Å². The Bertz CT molecular complexity index is 743. The Morgan fingerprint density at radius 2 is 1.74 bits per heavy atom. The second-order valence-corrected chi connectivity index (χ2v) is 7.20. The molecule has 1 aliphatic rings. The maximum atomic E-state index is 12.2. The third kappa shape index (κ3) is 7.33. The number of carboxylic acids is 1. The van der Waals surface area contributed by atoms with E-state index in [9.17, 15) is 24.9 Å². The molecule has 6 N–H and O–H groups in total. The van der Waals surface area contributed by atoms with Gasteiger partial charge in [0.25, 0.3) is 5.91 Å². The molecule has 0 bridgehead atoms. The van der Waals surface area contributed by atoms with E-state index < -0.39 is 49.0 Å². The lowest BCUT2D eigenvalue weighted by atomic mass is 9.93. The number of benzene rings is 1. The predicted octanol–water partition coefficient (Wildman–Crippen LogP) is -1.10. The molecule has 1 aromatic rings. The van der Waals surface area contributed by atoms with Crippen molar-refractivity contribution >= 4 is 11.9 Å². The molecule has 31 heavy (non-hydrogen) atoms. The highest BCUT2D eigenvalue weighted by molar-refractivity contribution is 5.95. The Morgan fingerprint density at radius 3 is 2.39 bits per heavy atom. The van der Waals surface area contributed by atoms with Gasteiger partial charge in [-0.15, -0.1) is 0 Å². The third-order valence-electron chi connectivity index (χ3n) is 4.75. The average Bonchev–Trinajstić information content (AvgIpc) is 2.75. The van der Waals surface area contributed by atoms with E-state index >= 15 is 0 Å². The zero-order chi connectivity index (χ0) is 23.0. The fourth-order valence-corrected chi connectivity index (χ4v) is 3.14. The quantitative estimate of drug-likeness (QED) is 0.230. The molecule has 5 unspecified atom stereocenters. The summed E-state index contributed by atoms with van der Waals surface area (Å²) in [6, 6.07) is 4.26. The fraction of sp³-hybridized carbons (Fsp3) is 0.600. The summed E-state index contributed by atoms with van der Waals surface area (Å²) in [6.07, 6.45) is -4.17. The van der Waals surface area contributed by atoms with E-state index in [1.165, 1.54) is 18.2 Å². The van der Waals surface area contributed by atoms with Crippen LogP contribution in [0.15, 0.2) is 18.2 Å². The number of carbonyl (C=O) groups is 2. The minimum Gasteiger partial charge on any atom is -0.493 e. The minimum absolute atomic E-state index is 0.0535. The highest BCUT2D eigenvalue weighted by Crippen LogP contribution is 2.26. The van der Waals surface area contributed by atoms with Crippen molar-refractivity contribution in [2.45, 2.75) is 50.3 Å². The summed E-state index contributed by atoms with van der Waals surface area (Å²) in [5, 5.41) is 49.8. The topological polar surface area (TPSA) is 175 Å². The first kappa shape index (κ1) is 24.8. The largest absolute Gasteiger partial charge is 0.493 e. The van der Waals surface area contributed by atoms with Crippen LogP contribution in [0.4, 0.5) is 0 Å². The van der Waals surface area contributed by atoms with Gasteiger partial charge in [-0.05, 0) is 31.9 Å². The van der Waals surface area contributed by atoms with Crippen molar-refractivity contribution in [1.82, 2.24) is 5.32 Å². The van der Waals surface area contributed by atoms with Gasteiger partial charge < -0.3 is 45.1 Å². The number of ether oxygens (including phenoxy) is 3. The number of rotatable bonds is 11. The molecule has 1 amide bonds. The minimum atomic E-state index is -1.29. The SMILES string of the molecule is CC1OC(CCCOc2cc(OCC(=O)O)cc(C(=O)NCCO)c2)C(O)C(O)C1O. The molecule has 1 aliphatic heterocycles. The van der Waals surface area contributed by atoms with Gasteiger partial charge >= 0.3 is 5.97 Å². The monoisotopic (exact) mass is 443 g/mol. The lowest BCUT2D eigenvalue weighted by Crippen LogP contribution is -2.56. The first-order valence-corrected chi connectivity index (χ1v) is 9.94. The number of aliphatic hydroxyl groups is 4. The number of hydrogen-bond acceptors (Lipinski definition) is 9. The van der Waals surface area contributed by atoms with Gasteiger partial charge in [0.2, 0.25) is 0 Å². The molecule has 1 saturated heterocycles. The molecule has 11 nitrogen and oxygen atoms in total. The van der Waals surface area contributed by atoms with Crippen molar-refractivity contribution in [3.8, 4) is 11.5 Å². The Labute approximate surface area is 179 Å². The van der Waals surface area contributed by atoms with E-state index in [4.69, 9.17) is 24.4 Å².